The average molecular weight is 226 g/mol. The second kappa shape index (κ2) is 3.55. The van der Waals surface area contributed by atoms with E-state index in [9.17, 15) is 4.79 Å². The van der Waals surface area contributed by atoms with Crippen LogP contribution in [0.5, 0.6) is 0 Å². The molecule has 0 atom stereocenters. The normalized spacial score (nSPS) is 11.1. The molecule has 0 saturated carbocycles. The maximum absolute atomic E-state index is 12.3. The van der Waals surface area contributed by atoms with Crippen LogP contribution in [0.2, 0.25) is 0 Å². The number of hydrogen-bond acceptors (Lipinski definition) is 3. The summed E-state index contributed by atoms with van der Waals surface area (Å²) in [6, 6.07) is 7.36. The van der Waals surface area contributed by atoms with Crippen LogP contribution in [0.1, 0.15) is 0 Å². The van der Waals surface area contributed by atoms with E-state index in [1.807, 2.05) is 18.2 Å². The molecular formula is C12H10N4O. The zero-order valence-electron chi connectivity index (χ0n) is 9.08. The molecule has 0 bridgehead atoms. The Bertz CT molecular complexity index is 769. The van der Waals surface area contributed by atoms with Crippen LogP contribution in [0.3, 0.4) is 0 Å². The number of aromatic nitrogens is 4. The van der Waals surface area contributed by atoms with Gasteiger partial charge in [-0.05, 0) is 12.1 Å². The Morgan fingerprint density at radius 2 is 2.18 bits per heavy atom. The van der Waals surface area contributed by atoms with Gasteiger partial charge in [-0.15, -0.1) is 11.7 Å². The van der Waals surface area contributed by atoms with Crippen LogP contribution in [0.25, 0.3) is 16.6 Å². The van der Waals surface area contributed by atoms with Crippen LogP contribution >= 0.6 is 0 Å². The molecular weight excluding hydrogens is 216 g/mol. The third kappa shape index (κ3) is 1.29. The van der Waals surface area contributed by atoms with Gasteiger partial charge in [-0.1, -0.05) is 23.4 Å². The predicted molar refractivity (Wildman–Crippen MR) is 65.0 cm³/mol. The maximum Gasteiger partial charge on any atom is 0.261 e. The van der Waals surface area contributed by atoms with Crippen molar-refractivity contribution in [2.24, 2.45) is 0 Å². The molecule has 0 aliphatic heterocycles. The largest absolute Gasteiger partial charge is 0.287 e. The third-order valence-electron chi connectivity index (χ3n) is 2.73. The molecule has 0 aliphatic carbocycles. The number of benzene rings is 1. The molecule has 84 valence electrons. The molecule has 0 unspecified atom stereocenters. The van der Waals surface area contributed by atoms with Crippen molar-refractivity contribution in [3.05, 3.63) is 53.5 Å². The van der Waals surface area contributed by atoms with Gasteiger partial charge in [0, 0.05) is 6.54 Å². The smallest absolute Gasteiger partial charge is 0.261 e. The summed E-state index contributed by atoms with van der Waals surface area (Å²) in [5.41, 5.74) is 1.40. The average Bonchev–Trinajstić information content (AvgIpc) is 2.84. The molecule has 0 N–H and O–H groups in total. The minimum Gasteiger partial charge on any atom is -0.287 e. The molecule has 2 aromatic heterocycles. The van der Waals surface area contributed by atoms with Gasteiger partial charge in [0.1, 0.15) is 0 Å². The Balaban J connectivity index is 2.60. The number of hydrogen-bond donors (Lipinski definition) is 0. The standard InChI is InChI=1S/C12H10N4O/c1-2-7-15-11-8-13-14-16(11)10-6-4-3-5-9(10)12(15)17/h2-6,8H,1,7H2. The van der Waals surface area contributed by atoms with Gasteiger partial charge in [0.25, 0.3) is 5.56 Å². The Morgan fingerprint density at radius 3 is 3.00 bits per heavy atom. The Labute approximate surface area is 96.6 Å². The van der Waals surface area contributed by atoms with E-state index in [1.54, 1.807) is 27.4 Å². The molecule has 17 heavy (non-hydrogen) atoms. The predicted octanol–water partition coefficient (Wildman–Crippen LogP) is 1.23. The lowest BCUT2D eigenvalue weighted by molar-refractivity contribution is 0.777. The fourth-order valence-electron chi connectivity index (χ4n) is 1.98. The van der Waals surface area contributed by atoms with Gasteiger partial charge in [0.2, 0.25) is 0 Å². The topological polar surface area (TPSA) is 52.2 Å². The number of para-hydroxylation sites is 1. The van der Waals surface area contributed by atoms with E-state index in [0.717, 1.165) is 5.52 Å². The van der Waals surface area contributed by atoms with Crippen molar-refractivity contribution in [1.29, 1.82) is 0 Å². The highest BCUT2D eigenvalue weighted by Crippen LogP contribution is 2.11. The van der Waals surface area contributed by atoms with Gasteiger partial charge >= 0.3 is 0 Å². The highest BCUT2D eigenvalue weighted by molar-refractivity contribution is 5.80. The first-order chi connectivity index (χ1) is 8.33. The second-order valence-corrected chi connectivity index (χ2v) is 3.73. The molecule has 0 amide bonds. The summed E-state index contributed by atoms with van der Waals surface area (Å²) in [6.07, 6.45) is 3.26. The molecule has 5 nitrogen and oxygen atoms in total. The number of nitrogens with zero attached hydrogens (tertiary/aromatic N) is 4. The fourth-order valence-corrected chi connectivity index (χ4v) is 1.98. The zero-order chi connectivity index (χ0) is 11.8. The SMILES string of the molecule is C=CCn1c(=O)c2ccccc2n2nncc12. The fraction of sp³-hybridized carbons (Fsp3) is 0.0833. The van der Waals surface area contributed by atoms with Gasteiger partial charge in [0.15, 0.2) is 5.65 Å². The number of fused-ring (bicyclic) bond motifs is 3. The van der Waals surface area contributed by atoms with Gasteiger partial charge < -0.3 is 0 Å². The van der Waals surface area contributed by atoms with Crippen LogP contribution in [-0.2, 0) is 6.54 Å². The minimum absolute atomic E-state index is 0.0460. The van der Waals surface area contributed by atoms with E-state index in [2.05, 4.69) is 16.9 Å². The first-order valence-corrected chi connectivity index (χ1v) is 5.26. The van der Waals surface area contributed by atoms with E-state index in [1.165, 1.54) is 0 Å². The van der Waals surface area contributed by atoms with Crippen LogP contribution in [0.15, 0.2) is 47.9 Å². The molecule has 0 spiro atoms. The molecule has 2 heterocycles. The Hall–Kier alpha value is -2.43. The van der Waals surface area contributed by atoms with Crippen molar-refractivity contribution in [3.8, 4) is 0 Å². The molecule has 0 radical (unpaired) electrons. The van der Waals surface area contributed by atoms with Crippen LogP contribution in [-0.4, -0.2) is 19.4 Å². The van der Waals surface area contributed by atoms with E-state index >= 15 is 0 Å². The van der Waals surface area contributed by atoms with E-state index in [4.69, 9.17) is 0 Å². The maximum atomic E-state index is 12.3. The van der Waals surface area contributed by atoms with Gasteiger partial charge in [0.05, 0.1) is 17.1 Å². The van der Waals surface area contributed by atoms with Gasteiger partial charge in [-0.25, -0.2) is 0 Å². The summed E-state index contributed by atoms with van der Waals surface area (Å²) in [5, 5.41) is 8.49. The summed E-state index contributed by atoms with van der Waals surface area (Å²) in [7, 11) is 0. The lowest BCUT2D eigenvalue weighted by Crippen LogP contribution is -2.22. The second-order valence-electron chi connectivity index (χ2n) is 3.73. The lowest BCUT2D eigenvalue weighted by atomic mass is 10.2. The van der Waals surface area contributed by atoms with Crippen LogP contribution in [0, 0.1) is 0 Å². The highest BCUT2D eigenvalue weighted by atomic mass is 16.1. The summed E-state index contributed by atoms with van der Waals surface area (Å²) < 4.78 is 3.27. The molecule has 5 heteroatoms. The summed E-state index contributed by atoms with van der Waals surface area (Å²) in [6.45, 7) is 4.10. The quantitative estimate of drug-likeness (QED) is 0.617. The van der Waals surface area contributed by atoms with E-state index in [-0.39, 0.29) is 5.56 Å². The Morgan fingerprint density at radius 1 is 1.35 bits per heavy atom. The van der Waals surface area contributed by atoms with Crippen LogP contribution < -0.4 is 5.56 Å². The monoisotopic (exact) mass is 226 g/mol. The van der Waals surface area contributed by atoms with Gasteiger partial charge in [-0.3, -0.25) is 9.36 Å². The first-order valence-electron chi connectivity index (χ1n) is 5.26. The first kappa shape index (κ1) is 9.77. The molecule has 0 saturated heterocycles. The number of allylic oxidation sites excluding steroid dienone is 1. The summed E-state index contributed by atoms with van der Waals surface area (Å²) >= 11 is 0. The van der Waals surface area contributed by atoms with Crippen molar-refractivity contribution in [2.45, 2.75) is 6.54 Å². The van der Waals surface area contributed by atoms with E-state index in [0.29, 0.717) is 17.6 Å². The minimum atomic E-state index is -0.0460. The summed E-state index contributed by atoms with van der Waals surface area (Å²) in [5.74, 6) is 0. The lowest BCUT2D eigenvalue weighted by Gasteiger charge is -2.07. The van der Waals surface area contributed by atoms with Crippen LogP contribution in [0.4, 0.5) is 0 Å². The van der Waals surface area contributed by atoms with Crippen molar-refractivity contribution in [2.75, 3.05) is 0 Å². The van der Waals surface area contributed by atoms with E-state index < -0.39 is 0 Å². The van der Waals surface area contributed by atoms with Crippen molar-refractivity contribution in [3.63, 3.8) is 0 Å². The molecule has 1 aromatic carbocycles. The molecule has 0 fully saturated rings. The third-order valence-corrected chi connectivity index (χ3v) is 2.73. The molecule has 3 rings (SSSR count). The van der Waals surface area contributed by atoms with Crippen molar-refractivity contribution >= 4 is 16.6 Å². The highest BCUT2D eigenvalue weighted by Gasteiger charge is 2.10. The van der Waals surface area contributed by atoms with Crippen molar-refractivity contribution < 1.29 is 0 Å². The van der Waals surface area contributed by atoms with Gasteiger partial charge in [-0.2, -0.15) is 4.52 Å². The molecule has 0 aliphatic rings. The zero-order valence-corrected chi connectivity index (χ0v) is 9.08. The Kier molecular flexibility index (Phi) is 2.04. The van der Waals surface area contributed by atoms with Crippen molar-refractivity contribution in [1.82, 2.24) is 19.4 Å². The summed E-state index contributed by atoms with van der Waals surface area (Å²) in [4.78, 5) is 12.3. The number of rotatable bonds is 2. The molecule has 3 aromatic rings.